The average Bonchev–Trinajstić information content (AvgIpc) is 3.28. The van der Waals surface area contributed by atoms with E-state index in [9.17, 15) is 22.0 Å². The number of pyridine rings is 1. The van der Waals surface area contributed by atoms with Crippen molar-refractivity contribution in [2.45, 2.75) is 50.3 Å². The molecule has 1 aliphatic carbocycles. The third-order valence-corrected chi connectivity index (χ3v) is 7.59. The van der Waals surface area contributed by atoms with Gasteiger partial charge in [-0.15, -0.1) is 0 Å². The summed E-state index contributed by atoms with van der Waals surface area (Å²) in [6, 6.07) is 8.94. The van der Waals surface area contributed by atoms with Crippen molar-refractivity contribution in [2.75, 3.05) is 7.11 Å². The molecule has 0 saturated carbocycles. The second-order valence-electron chi connectivity index (χ2n) is 8.83. The number of hydrogen-bond donors (Lipinski definition) is 1. The Balaban J connectivity index is 1.68. The topological polar surface area (TPSA) is 85.4 Å². The lowest BCUT2D eigenvalue weighted by atomic mass is 9.91. The molecule has 0 spiro atoms. The van der Waals surface area contributed by atoms with Crippen LogP contribution in [-0.2, 0) is 34.1 Å². The number of methoxy groups -OCH3 is 1. The number of halogens is 2. The Morgan fingerprint density at radius 3 is 2.60 bits per heavy atom. The van der Waals surface area contributed by atoms with Crippen molar-refractivity contribution >= 4 is 15.9 Å². The highest BCUT2D eigenvalue weighted by Crippen LogP contribution is 2.35. The zero-order valence-electron chi connectivity index (χ0n) is 19.7. The molecule has 0 bridgehead atoms. The summed E-state index contributed by atoms with van der Waals surface area (Å²) in [6.45, 7) is 3.33. The van der Waals surface area contributed by atoms with Gasteiger partial charge in [0.15, 0.2) is 0 Å². The van der Waals surface area contributed by atoms with Gasteiger partial charge >= 0.3 is 0 Å². The molecule has 0 fully saturated rings. The Hall–Kier alpha value is -3.33. The van der Waals surface area contributed by atoms with Crippen LogP contribution in [0.3, 0.4) is 0 Å². The van der Waals surface area contributed by atoms with E-state index in [2.05, 4.69) is 4.98 Å². The van der Waals surface area contributed by atoms with Crippen molar-refractivity contribution in [3.63, 3.8) is 0 Å². The number of nitrogens with zero attached hydrogens (tertiary/aromatic N) is 1. The van der Waals surface area contributed by atoms with Crippen LogP contribution in [0.4, 0.5) is 8.78 Å². The molecule has 3 aromatic rings. The minimum atomic E-state index is -4.56. The monoisotopic (exact) mass is 500 g/mol. The van der Waals surface area contributed by atoms with Gasteiger partial charge in [-0.3, -0.25) is 4.79 Å². The lowest BCUT2D eigenvalue weighted by molar-refractivity contribution is -0.118. The molecule has 1 N–H and O–H groups in total. The summed E-state index contributed by atoms with van der Waals surface area (Å²) in [4.78, 5) is 16.3. The second kappa shape index (κ2) is 9.73. The fraction of sp³-hybridized carbons (Fsp3) is 0.308. The molecule has 1 amide bonds. The van der Waals surface area contributed by atoms with Crippen molar-refractivity contribution in [2.24, 2.45) is 0 Å². The van der Waals surface area contributed by atoms with Crippen LogP contribution in [-0.4, -0.2) is 26.4 Å². The third kappa shape index (κ3) is 5.05. The van der Waals surface area contributed by atoms with Gasteiger partial charge in [-0.1, -0.05) is 26.0 Å². The van der Waals surface area contributed by atoms with E-state index in [1.165, 1.54) is 7.11 Å². The number of aryl methyl sites for hydroxylation is 1. The van der Waals surface area contributed by atoms with Gasteiger partial charge in [-0.2, -0.15) is 0 Å². The van der Waals surface area contributed by atoms with E-state index < -0.39 is 32.5 Å². The predicted molar refractivity (Wildman–Crippen MR) is 128 cm³/mol. The van der Waals surface area contributed by atoms with Gasteiger partial charge in [-0.05, 0) is 70.7 Å². The lowest BCUT2D eigenvalue weighted by Crippen LogP contribution is -2.33. The molecule has 1 aromatic heterocycles. The highest BCUT2D eigenvalue weighted by atomic mass is 32.2. The third-order valence-electron chi connectivity index (χ3n) is 6.20. The first kappa shape index (κ1) is 24.8. The SMILES string of the molecule is COc1cc(-c2ccc3c(c2CC(=O)NS(=O)(=O)c2cc(C(C)C)c(F)cc2F)CCC3)ccn1. The lowest BCUT2D eigenvalue weighted by Gasteiger charge is -2.16. The maximum absolute atomic E-state index is 14.4. The molecule has 1 heterocycles. The number of carbonyl (C=O) groups excluding carboxylic acids is 1. The molecule has 0 atom stereocenters. The minimum absolute atomic E-state index is 0.0500. The van der Waals surface area contributed by atoms with Crippen molar-refractivity contribution in [1.82, 2.24) is 9.71 Å². The highest BCUT2D eigenvalue weighted by molar-refractivity contribution is 7.90. The Morgan fingerprint density at radius 2 is 1.89 bits per heavy atom. The Morgan fingerprint density at radius 1 is 1.11 bits per heavy atom. The summed E-state index contributed by atoms with van der Waals surface area (Å²) in [5.74, 6) is -2.85. The number of sulfonamides is 1. The largest absolute Gasteiger partial charge is 0.481 e. The first-order chi connectivity index (χ1) is 16.6. The highest BCUT2D eigenvalue weighted by Gasteiger charge is 2.27. The van der Waals surface area contributed by atoms with Crippen LogP contribution in [0.2, 0.25) is 0 Å². The summed E-state index contributed by atoms with van der Waals surface area (Å²) in [5.41, 5.74) is 4.45. The second-order valence-corrected chi connectivity index (χ2v) is 10.5. The summed E-state index contributed by atoms with van der Waals surface area (Å²) >= 11 is 0. The van der Waals surface area contributed by atoms with Crippen LogP contribution in [0.15, 0.2) is 47.5 Å². The van der Waals surface area contributed by atoms with Crippen molar-refractivity contribution in [3.05, 3.63) is 76.5 Å². The summed E-state index contributed by atoms with van der Waals surface area (Å²) in [5, 5.41) is 0. The molecule has 6 nitrogen and oxygen atoms in total. The van der Waals surface area contributed by atoms with Crippen molar-refractivity contribution in [3.8, 4) is 17.0 Å². The molecule has 0 aliphatic heterocycles. The van der Waals surface area contributed by atoms with Gasteiger partial charge < -0.3 is 4.74 Å². The number of amides is 1. The van der Waals surface area contributed by atoms with E-state index in [0.717, 1.165) is 47.6 Å². The van der Waals surface area contributed by atoms with Crippen LogP contribution in [0.1, 0.15) is 48.4 Å². The van der Waals surface area contributed by atoms with Crippen LogP contribution < -0.4 is 9.46 Å². The molecule has 35 heavy (non-hydrogen) atoms. The number of ether oxygens (including phenoxy) is 1. The normalized spacial score (nSPS) is 13.1. The summed E-state index contributed by atoms with van der Waals surface area (Å²) in [7, 11) is -3.05. The number of carbonyl (C=O) groups is 1. The average molecular weight is 501 g/mol. The van der Waals surface area contributed by atoms with Gasteiger partial charge in [0.25, 0.3) is 10.0 Å². The van der Waals surface area contributed by atoms with Gasteiger partial charge in [0.05, 0.1) is 13.5 Å². The Kier molecular flexibility index (Phi) is 6.89. The molecule has 4 rings (SSSR count). The van der Waals surface area contributed by atoms with Crippen LogP contribution in [0.5, 0.6) is 5.88 Å². The number of nitrogens with one attached hydrogen (secondary N) is 1. The zero-order valence-corrected chi connectivity index (χ0v) is 20.5. The van der Waals surface area contributed by atoms with Crippen LogP contribution in [0, 0.1) is 11.6 Å². The molecular formula is C26H26F2N2O4S. The number of aromatic nitrogens is 1. The van der Waals surface area contributed by atoms with Gasteiger partial charge in [0, 0.05) is 18.3 Å². The number of hydrogen-bond acceptors (Lipinski definition) is 5. The van der Waals surface area contributed by atoms with E-state index in [1.54, 1.807) is 32.2 Å². The smallest absolute Gasteiger partial charge is 0.266 e. The summed E-state index contributed by atoms with van der Waals surface area (Å²) in [6.07, 6.45) is 3.96. The summed E-state index contributed by atoms with van der Waals surface area (Å²) < 4.78 is 61.5. The predicted octanol–water partition coefficient (Wildman–Crippen LogP) is 4.70. The van der Waals surface area contributed by atoms with Crippen LogP contribution in [0.25, 0.3) is 11.1 Å². The van der Waals surface area contributed by atoms with Gasteiger partial charge in [0.1, 0.15) is 16.5 Å². The fourth-order valence-corrected chi connectivity index (χ4v) is 5.58. The molecule has 0 unspecified atom stereocenters. The Bertz CT molecular complexity index is 1400. The minimum Gasteiger partial charge on any atom is -0.481 e. The van der Waals surface area contributed by atoms with E-state index in [-0.39, 0.29) is 17.9 Å². The molecule has 2 aromatic carbocycles. The molecule has 0 saturated heterocycles. The van der Waals surface area contributed by atoms with E-state index in [1.807, 2.05) is 16.9 Å². The first-order valence-electron chi connectivity index (χ1n) is 11.3. The van der Waals surface area contributed by atoms with Crippen molar-refractivity contribution < 1.29 is 26.7 Å². The number of benzene rings is 2. The fourth-order valence-electron chi connectivity index (χ4n) is 4.50. The molecule has 9 heteroatoms. The molecule has 184 valence electrons. The van der Waals surface area contributed by atoms with E-state index >= 15 is 0 Å². The quantitative estimate of drug-likeness (QED) is 0.509. The molecule has 0 radical (unpaired) electrons. The van der Waals surface area contributed by atoms with Gasteiger partial charge in [-0.25, -0.2) is 26.9 Å². The van der Waals surface area contributed by atoms with Crippen molar-refractivity contribution in [1.29, 1.82) is 0 Å². The van der Waals surface area contributed by atoms with Gasteiger partial charge in [0.2, 0.25) is 11.8 Å². The molecule has 1 aliphatic rings. The van der Waals surface area contributed by atoms with E-state index in [4.69, 9.17) is 4.74 Å². The Labute approximate surface area is 203 Å². The first-order valence-corrected chi connectivity index (χ1v) is 12.8. The zero-order chi connectivity index (χ0) is 25.3. The maximum atomic E-state index is 14.4. The number of rotatable bonds is 7. The van der Waals surface area contributed by atoms with Crippen LogP contribution >= 0.6 is 0 Å². The molecular weight excluding hydrogens is 474 g/mol. The van der Waals surface area contributed by atoms with E-state index in [0.29, 0.717) is 17.5 Å². The maximum Gasteiger partial charge on any atom is 0.266 e. The standard InChI is InChI=1S/C26H26F2N2O4S/c1-15(2)20-12-24(23(28)14-22(20)27)35(32,33)30-25(31)13-21-18-6-4-5-16(18)7-8-19(21)17-9-10-29-26(11-17)34-3/h7-12,14-15H,4-6,13H2,1-3H3,(H,30,31). The number of fused-ring (bicyclic) bond motifs is 1.